The van der Waals surface area contributed by atoms with E-state index >= 15 is 0 Å². The molecule has 0 bridgehead atoms. The molecule has 0 aromatic heterocycles. The topological polar surface area (TPSA) is 67.5 Å². The number of hydrogen-bond donors (Lipinski definition) is 3. The summed E-state index contributed by atoms with van der Waals surface area (Å²) < 4.78 is 5.22. The summed E-state index contributed by atoms with van der Waals surface area (Å²) in [6, 6.07) is 5.09. The molecule has 0 atom stereocenters. The van der Waals surface area contributed by atoms with E-state index in [0.29, 0.717) is 12.2 Å². The van der Waals surface area contributed by atoms with Crippen LogP contribution < -0.4 is 11.1 Å². The highest BCUT2D eigenvalue weighted by atomic mass is 16.5. The Labute approximate surface area is 96.4 Å². The molecular formula is C12H20N2O2. The van der Waals surface area contributed by atoms with Crippen molar-refractivity contribution in [1.82, 2.24) is 5.32 Å². The van der Waals surface area contributed by atoms with Crippen LogP contribution in [0, 0.1) is 0 Å². The minimum atomic E-state index is 0.284. The van der Waals surface area contributed by atoms with Crippen molar-refractivity contribution in [2.24, 2.45) is 0 Å². The molecule has 0 aliphatic heterocycles. The van der Waals surface area contributed by atoms with Gasteiger partial charge in [0, 0.05) is 31.0 Å². The summed E-state index contributed by atoms with van der Waals surface area (Å²) in [5.41, 5.74) is 7.14. The quantitative estimate of drug-likeness (QED) is 0.373. The number of rotatable bonds is 7. The number of phenols is 1. The first-order valence-electron chi connectivity index (χ1n) is 5.60. The van der Waals surface area contributed by atoms with Gasteiger partial charge in [-0.1, -0.05) is 0 Å². The van der Waals surface area contributed by atoms with E-state index in [4.69, 9.17) is 10.5 Å². The van der Waals surface area contributed by atoms with Crippen LogP contribution in [0.4, 0.5) is 5.69 Å². The van der Waals surface area contributed by atoms with Gasteiger partial charge in [-0.2, -0.15) is 0 Å². The van der Waals surface area contributed by atoms with E-state index in [0.717, 1.165) is 31.7 Å². The molecule has 0 fully saturated rings. The largest absolute Gasteiger partial charge is 0.508 e. The summed E-state index contributed by atoms with van der Waals surface area (Å²) in [6.07, 6.45) is 0.969. The zero-order valence-electron chi connectivity index (χ0n) is 9.70. The van der Waals surface area contributed by atoms with Gasteiger partial charge in [-0.3, -0.25) is 0 Å². The molecule has 0 saturated heterocycles. The first kappa shape index (κ1) is 12.8. The second kappa shape index (κ2) is 7.09. The fraction of sp³-hybridized carbons (Fsp3) is 0.500. The molecule has 16 heavy (non-hydrogen) atoms. The number of hydrogen-bond acceptors (Lipinski definition) is 4. The van der Waals surface area contributed by atoms with E-state index in [1.807, 2.05) is 6.92 Å². The summed E-state index contributed by atoms with van der Waals surface area (Å²) in [5.74, 6) is 0.284. The van der Waals surface area contributed by atoms with Gasteiger partial charge in [0.25, 0.3) is 0 Å². The van der Waals surface area contributed by atoms with Crippen LogP contribution in [0.25, 0.3) is 0 Å². The molecule has 0 spiro atoms. The molecule has 0 saturated carbocycles. The van der Waals surface area contributed by atoms with Gasteiger partial charge >= 0.3 is 0 Å². The lowest BCUT2D eigenvalue weighted by atomic mass is 10.2. The smallest absolute Gasteiger partial charge is 0.120 e. The van der Waals surface area contributed by atoms with Gasteiger partial charge in [-0.25, -0.2) is 0 Å². The summed E-state index contributed by atoms with van der Waals surface area (Å²) in [5, 5.41) is 12.8. The zero-order chi connectivity index (χ0) is 11.8. The van der Waals surface area contributed by atoms with E-state index in [1.165, 1.54) is 0 Å². The Morgan fingerprint density at radius 1 is 1.44 bits per heavy atom. The lowest BCUT2D eigenvalue weighted by Gasteiger charge is -2.07. The molecule has 0 radical (unpaired) electrons. The summed E-state index contributed by atoms with van der Waals surface area (Å²) >= 11 is 0. The van der Waals surface area contributed by atoms with Gasteiger partial charge in [0.2, 0.25) is 0 Å². The van der Waals surface area contributed by atoms with Crippen molar-refractivity contribution in [1.29, 1.82) is 0 Å². The lowest BCUT2D eigenvalue weighted by molar-refractivity contribution is 0.144. The second-order valence-electron chi connectivity index (χ2n) is 3.62. The Kier molecular flexibility index (Phi) is 5.67. The average molecular weight is 224 g/mol. The van der Waals surface area contributed by atoms with E-state index in [-0.39, 0.29) is 5.75 Å². The number of aromatic hydroxyl groups is 1. The lowest BCUT2D eigenvalue weighted by Crippen LogP contribution is -2.16. The number of nitrogens with one attached hydrogen (secondary N) is 1. The van der Waals surface area contributed by atoms with Crippen LogP contribution in [0.1, 0.15) is 18.9 Å². The van der Waals surface area contributed by atoms with E-state index < -0.39 is 0 Å². The van der Waals surface area contributed by atoms with Crippen LogP contribution in [0.2, 0.25) is 0 Å². The first-order valence-corrected chi connectivity index (χ1v) is 5.60. The third-order valence-corrected chi connectivity index (χ3v) is 2.27. The maximum atomic E-state index is 9.56. The summed E-state index contributed by atoms with van der Waals surface area (Å²) in [6.45, 7) is 5.01. The van der Waals surface area contributed by atoms with Gasteiger partial charge in [0.05, 0.1) is 0 Å². The predicted octanol–water partition coefficient (Wildman–Crippen LogP) is 1.49. The second-order valence-corrected chi connectivity index (χ2v) is 3.62. The molecule has 90 valence electrons. The van der Waals surface area contributed by atoms with Crippen LogP contribution in [-0.4, -0.2) is 24.9 Å². The Hall–Kier alpha value is -1.26. The molecule has 0 unspecified atom stereocenters. The normalized spacial score (nSPS) is 10.6. The molecule has 1 rings (SSSR count). The molecule has 0 heterocycles. The van der Waals surface area contributed by atoms with Crippen molar-refractivity contribution >= 4 is 5.69 Å². The van der Waals surface area contributed by atoms with Crippen molar-refractivity contribution in [3.8, 4) is 5.75 Å². The van der Waals surface area contributed by atoms with Crippen molar-refractivity contribution < 1.29 is 9.84 Å². The minimum absolute atomic E-state index is 0.284. The molecule has 0 amide bonds. The number of nitrogens with two attached hydrogens (primary N) is 1. The van der Waals surface area contributed by atoms with Gasteiger partial charge in [-0.15, -0.1) is 0 Å². The third kappa shape index (κ3) is 4.51. The highest BCUT2D eigenvalue weighted by Gasteiger charge is 2.00. The highest BCUT2D eigenvalue weighted by molar-refractivity contribution is 5.47. The molecule has 4 N–H and O–H groups in total. The van der Waals surface area contributed by atoms with E-state index in [1.54, 1.807) is 18.2 Å². The van der Waals surface area contributed by atoms with Crippen LogP contribution in [0.5, 0.6) is 5.75 Å². The number of benzene rings is 1. The molecule has 0 aliphatic carbocycles. The average Bonchev–Trinajstić information content (AvgIpc) is 2.28. The predicted molar refractivity (Wildman–Crippen MR) is 65.3 cm³/mol. The Balaban J connectivity index is 2.23. The Morgan fingerprint density at radius 3 is 3.00 bits per heavy atom. The summed E-state index contributed by atoms with van der Waals surface area (Å²) in [4.78, 5) is 0. The van der Waals surface area contributed by atoms with Crippen molar-refractivity contribution in [2.45, 2.75) is 19.9 Å². The minimum Gasteiger partial charge on any atom is -0.508 e. The number of phenolic OH excluding ortho intramolecular Hbond substituents is 1. The molecule has 0 aliphatic rings. The third-order valence-electron chi connectivity index (χ3n) is 2.27. The Bertz CT molecular complexity index is 316. The van der Waals surface area contributed by atoms with Crippen LogP contribution in [0.15, 0.2) is 18.2 Å². The van der Waals surface area contributed by atoms with Crippen LogP contribution in [-0.2, 0) is 11.3 Å². The maximum absolute atomic E-state index is 9.56. The van der Waals surface area contributed by atoms with E-state index in [2.05, 4.69) is 5.32 Å². The van der Waals surface area contributed by atoms with Crippen LogP contribution >= 0.6 is 0 Å². The molecular weight excluding hydrogens is 204 g/mol. The Morgan fingerprint density at radius 2 is 2.25 bits per heavy atom. The van der Waals surface area contributed by atoms with Crippen molar-refractivity contribution in [3.63, 3.8) is 0 Å². The highest BCUT2D eigenvalue weighted by Crippen LogP contribution is 2.19. The number of ether oxygens (including phenoxy) is 1. The van der Waals surface area contributed by atoms with E-state index in [9.17, 15) is 5.11 Å². The molecule has 4 nitrogen and oxygen atoms in total. The van der Waals surface area contributed by atoms with Crippen LogP contribution in [0.3, 0.4) is 0 Å². The SMILES string of the molecule is CCOCCCNCc1cc(N)ccc1O. The molecule has 1 aromatic rings. The zero-order valence-corrected chi connectivity index (χ0v) is 9.70. The van der Waals surface area contributed by atoms with Crippen molar-refractivity contribution in [3.05, 3.63) is 23.8 Å². The fourth-order valence-electron chi connectivity index (χ4n) is 1.41. The first-order chi connectivity index (χ1) is 7.74. The maximum Gasteiger partial charge on any atom is 0.120 e. The molecule has 1 aromatic carbocycles. The van der Waals surface area contributed by atoms with Gasteiger partial charge in [-0.05, 0) is 38.1 Å². The van der Waals surface area contributed by atoms with Gasteiger partial charge in [0.1, 0.15) is 5.75 Å². The fourth-order valence-corrected chi connectivity index (χ4v) is 1.41. The number of anilines is 1. The standard InChI is InChI=1S/C12H20N2O2/c1-2-16-7-3-6-14-9-10-8-11(13)4-5-12(10)15/h4-5,8,14-15H,2-3,6-7,9,13H2,1H3. The molecule has 4 heteroatoms. The van der Waals surface area contributed by atoms with Gasteiger partial charge in [0.15, 0.2) is 0 Å². The monoisotopic (exact) mass is 224 g/mol. The number of nitrogen functional groups attached to an aromatic ring is 1. The van der Waals surface area contributed by atoms with Crippen molar-refractivity contribution in [2.75, 3.05) is 25.5 Å². The van der Waals surface area contributed by atoms with Gasteiger partial charge < -0.3 is 20.9 Å². The summed E-state index contributed by atoms with van der Waals surface area (Å²) in [7, 11) is 0.